The van der Waals surface area contributed by atoms with E-state index in [1.807, 2.05) is 0 Å². The zero-order valence-corrected chi connectivity index (χ0v) is 10.7. The van der Waals surface area contributed by atoms with Crippen LogP contribution in [0.15, 0.2) is 22.9 Å². The molecule has 1 heterocycles. The van der Waals surface area contributed by atoms with Gasteiger partial charge in [0.15, 0.2) is 0 Å². The van der Waals surface area contributed by atoms with Crippen molar-refractivity contribution in [2.24, 2.45) is 0 Å². The molecule has 0 saturated carbocycles. The molecule has 0 spiro atoms. The second kappa shape index (κ2) is 3.97. The van der Waals surface area contributed by atoms with Gasteiger partial charge >= 0.3 is 0 Å². The Morgan fingerprint density at radius 3 is 2.27 bits per heavy atom. The number of benzene rings is 1. The van der Waals surface area contributed by atoms with Gasteiger partial charge < -0.3 is 0 Å². The van der Waals surface area contributed by atoms with Gasteiger partial charge in [0.2, 0.25) is 0 Å². The van der Waals surface area contributed by atoms with Gasteiger partial charge in [0.25, 0.3) is 0 Å². The van der Waals surface area contributed by atoms with Crippen LogP contribution in [-0.2, 0) is 0 Å². The van der Waals surface area contributed by atoms with Crippen LogP contribution in [0.4, 0.5) is 0 Å². The third-order valence-electron chi connectivity index (χ3n) is 2.94. The molecule has 1 aromatic heterocycles. The third-order valence-corrected chi connectivity index (χ3v) is 3.70. The lowest BCUT2D eigenvalue weighted by atomic mass is 9.92. The van der Waals surface area contributed by atoms with E-state index in [-0.39, 0.29) is 0 Å². The van der Waals surface area contributed by atoms with Crippen LogP contribution in [0.3, 0.4) is 0 Å². The highest BCUT2D eigenvalue weighted by molar-refractivity contribution is 7.09. The van der Waals surface area contributed by atoms with E-state index in [4.69, 9.17) is 0 Å². The maximum Gasteiger partial charge on any atom is -0.00116 e. The van der Waals surface area contributed by atoms with Gasteiger partial charge in [0.1, 0.15) is 0 Å². The Bertz CT molecular complexity index is 463. The molecule has 0 fully saturated rings. The summed E-state index contributed by atoms with van der Waals surface area (Å²) in [5, 5.41) is 7.39. The number of thiophene rings is 1. The van der Waals surface area contributed by atoms with Crippen molar-refractivity contribution >= 4 is 22.1 Å². The lowest BCUT2D eigenvalue weighted by Gasteiger charge is -2.12. The summed E-state index contributed by atoms with van der Waals surface area (Å²) in [5.41, 5.74) is 2.96. The standard InChI is InChI=1S/C14H18S/c1-9(2)11-5-12-7-15-8-14(12)13(6-11)10(3)4/h5-10H,1-4H3. The van der Waals surface area contributed by atoms with Gasteiger partial charge in [-0.25, -0.2) is 0 Å². The minimum Gasteiger partial charge on any atom is -0.151 e. The fraction of sp³-hybridized carbons (Fsp3) is 0.429. The van der Waals surface area contributed by atoms with E-state index in [9.17, 15) is 0 Å². The minimum absolute atomic E-state index is 0.612. The molecule has 1 aromatic carbocycles. The smallest absolute Gasteiger partial charge is 0.00116 e. The number of rotatable bonds is 2. The first-order chi connectivity index (χ1) is 7.09. The monoisotopic (exact) mass is 218 g/mol. The molecule has 0 aliphatic rings. The molecule has 0 bridgehead atoms. The summed E-state index contributed by atoms with van der Waals surface area (Å²) in [6, 6.07) is 4.72. The van der Waals surface area contributed by atoms with Crippen LogP contribution in [0.1, 0.15) is 50.7 Å². The molecule has 0 unspecified atom stereocenters. The Hall–Kier alpha value is -0.820. The molecule has 15 heavy (non-hydrogen) atoms. The summed E-state index contributed by atoms with van der Waals surface area (Å²) in [4.78, 5) is 0. The van der Waals surface area contributed by atoms with Gasteiger partial charge in [-0.15, -0.1) is 0 Å². The van der Waals surface area contributed by atoms with Crippen molar-refractivity contribution in [3.05, 3.63) is 34.0 Å². The van der Waals surface area contributed by atoms with Crippen LogP contribution in [0.2, 0.25) is 0 Å². The van der Waals surface area contributed by atoms with Crippen molar-refractivity contribution < 1.29 is 0 Å². The molecule has 0 aliphatic carbocycles. The van der Waals surface area contributed by atoms with E-state index in [0.29, 0.717) is 11.8 Å². The zero-order chi connectivity index (χ0) is 11.0. The first kappa shape index (κ1) is 10.7. The van der Waals surface area contributed by atoms with Crippen molar-refractivity contribution in [1.29, 1.82) is 0 Å². The van der Waals surface area contributed by atoms with Gasteiger partial charge in [-0.05, 0) is 44.5 Å². The first-order valence-corrected chi connectivity index (χ1v) is 6.53. The average molecular weight is 218 g/mol. The summed E-state index contributed by atoms with van der Waals surface area (Å²) < 4.78 is 0. The van der Waals surface area contributed by atoms with Crippen molar-refractivity contribution in [3.8, 4) is 0 Å². The summed E-state index contributed by atoms with van der Waals surface area (Å²) in [6.07, 6.45) is 0. The molecule has 0 amide bonds. The average Bonchev–Trinajstić information content (AvgIpc) is 2.62. The quantitative estimate of drug-likeness (QED) is 0.654. The van der Waals surface area contributed by atoms with Crippen molar-refractivity contribution in [3.63, 3.8) is 0 Å². The minimum atomic E-state index is 0.612. The Morgan fingerprint density at radius 1 is 0.933 bits per heavy atom. The molecular formula is C14H18S. The van der Waals surface area contributed by atoms with Crippen molar-refractivity contribution in [2.75, 3.05) is 0 Å². The van der Waals surface area contributed by atoms with Crippen LogP contribution in [0, 0.1) is 0 Å². The van der Waals surface area contributed by atoms with Crippen LogP contribution in [-0.4, -0.2) is 0 Å². The number of hydrogen-bond donors (Lipinski definition) is 0. The summed E-state index contributed by atoms with van der Waals surface area (Å²) >= 11 is 1.80. The van der Waals surface area contributed by atoms with Gasteiger partial charge in [-0.1, -0.05) is 39.8 Å². The summed E-state index contributed by atoms with van der Waals surface area (Å²) in [7, 11) is 0. The molecule has 2 rings (SSSR count). The van der Waals surface area contributed by atoms with Crippen LogP contribution in [0.25, 0.3) is 10.8 Å². The second-order valence-corrected chi connectivity index (χ2v) is 5.54. The first-order valence-electron chi connectivity index (χ1n) is 5.59. The summed E-state index contributed by atoms with van der Waals surface area (Å²) in [6.45, 7) is 9.07. The second-order valence-electron chi connectivity index (χ2n) is 4.79. The van der Waals surface area contributed by atoms with E-state index in [0.717, 1.165) is 0 Å². The maximum absolute atomic E-state index is 2.38. The van der Waals surface area contributed by atoms with Crippen LogP contribution >= 0.6 is 11.3 Å². The molecule has 2 aromatic rings. The molecule has 1 heteroatoms. The van der Waals surface area contributed by atoms with E-state index < -0.39 is 0 Å². The maximum atomic E-state index is 2.38. The van der Waals surface area contributed by atoms with Crippen molar-refractivity contribution in [2.45, 2.75) is 39.5 Å². The van der Waals surface area contributed by atoms with E-state index in [1.165, 1.54) is 21.9 Å². The largest absolute Gasteiger partial charge is 0.151 e. The molecule has 0 radical (unpaired) electrons. The van der Waals surface area contributed by atoms with Crippen LogP contribution < -0.4 is 0 Å². The highest BCUT2D eigenvalue weighted by Gasteiger charge is 2.09. The van der Waals surface area contributed by atoms with E-state index in [1.54, 1.807) is 11.3 Å². The highest BCUT2D eigenvalue weighted by Crippen LogP contribution is 2.32. The SMILES string of the molecule is CC(C)c1cc(C(C)C)c2cscc2c1. The van der Waals surface area contributed by atoms with Crippen molar-refractivity contribution in [1.82, 2.24) is 0 Å². The Labute approximate surface area is 95.9 Å². The van der Waals surface area contributed by atoms with E-state index >= 15 is 0 Å². The fourth-order valence-corrected chi connectivity index (χ4v) is 2.76. The summed E-state index contributed by atoms with van der Waals surface area (Å²) in [5.74, 6) is 1.23. The zero-order valence-electron chi connectivity index (χ0n) is 9.87. The molecule has 80 valence electrons. The number of hydrogen-bond acceptors (Lipinski definition) is 1. The molecule has 0 saturated heterocycles. The molecular weight excluding hydrogens is 200 g/mol. The van der Waals surface area contributed by atoms with Gasteiger partial charge in [-0.2, -0.15) is 11.3 Å². The van der Waals surface area contributed by atoms with Gasteiger partial charge in [0.05, 0.1) is 0 Å². The van der Waals surface area contributed by atoms with Gasteiger partial charge in [0, 0.05) is 0 Å². The Kier molecular flexibility index (Phi) is 2.83. The topological polar surface area (TPSA) is 0 Å². The van der Waals surface area contributed by atoms with Crippen LogP contribution in [0.5, 0.6) is 0 Å². The predicted octanol–water partition coefficient (Wildman–Crippen LogP) is 5.15. The molecule has 0 nitrogen and oxygen atoms in total. The Balaban J connectivity index is 2.69. The lowest BCUT2D eigenvalue weighted by molar-refractivity contribution is 0.842. The third kappa shape index (κ3) is 1.93. The Morgan fingerprint density at radius 2 is 1.67 bits per heavy atom. The normalized spacial score (nSPS) is 11.9. The molecule has 0 atom stereocenters. The molecule has 0 aliphatic heterocycles. The highest BCUT2D eigenvalue weighted by atomic mass is 32.1. The fourth-order valence-electron chi connectivity index (χ4n) is 1.94. The number of fused-ring (bicyclic) bond motifs is 1. The predicted molar refractivity (Wildman–Crippen MR) is 70.0 cm³/mol. The lowest BCUT2D eigenvalue weighted by Crippen LogP contribution is -1.93. The van der Waals surface area contributed by atoms with Gasteiger partial charge in [-0.3, -0.25) is 0 Å². The van der Waals surface area contributed by atoms with E-state index in [2.05, 4.69) is 50.6 Å². The molecule has 0 N–H and O–H groups in total.